The summed E-state index contributed by atoms with van der Waals surface area (Å²) in [5.41, 5.74) is 0. The molecule has 0 rings (SSSR count). The van der Waals surface area contributed by atoms with Crippen molar-refractivity contribution in [2.45, 2.75) is 21.8 Å². The van der Waals surface area contributed by atoms with E-state index in [0.29, 0.717) is 6.61 Å². The molecule has 0 unspecified atom stereocenters. The molecule has 2 heteroatoms. The van der Waals surface area contributed by atoms with Gasteiger partial charge in [0.15, 0.2) is 0 Å². The topological polar surface area (TPSA) is 18.5 Å². The summed E-state index contributed by atoms with van der Waals surface area (Å²) in [5, 5.41) is 0. The van der Waals surface area contributed by atoms with Crippen molar-refractivity contribution in [3.8, 4) is 0 Å². The highest BCUT2D eigenvalue weighted by Crippen LogP contribution is 1.68. The third-order valence-corrected chi connectivity index (χ3v) is 0.371. The van der Waals surface area contributed by atoms with Gasteiger partial charge in [0, 0.05) is 13.7 Å². The Morgan fingerprint density at radius 1 is 1.50 bits per heavy atom. The zero-order valence-corrected chi connectivity index (χ0v) is 3.94. The minimum Gasteiger partial charge on any atom is -0.359 e. The first kappa shape index (κ1) is 10.8. The highest BCUT2D eigenvalue weighted by Gasteiger charge is 1.71. The average Bonchev–Trinajstić information content (AvgIpc) is 1.69. The van der Waals surface area contributed by atoms with E-state index in [1.54, 1.807) is 0 Å². The van der Waals surface area contributed by atoms with Crippen LogP contribution >= 0.6 is 0 Å². The minimum absolute atomic E-state index is 0. The molecular weight excluding hydrogens is 104 g/mol. The van der Waals surface area contributed by atoms with Gasteiger partial charge >= 0.3 is 0 Å². The number of hydrogen-bond donors (Lipinski definition) is 0. The first-order valence-corrected chi connectivity index (χ1v) is 1.86. The highest BCUT2D eigenvalue weighted by molar-refractivity contribution is 4.02. The average molecular weight is 124 g/mol. The van der Waals surface area contributed by atoms with Gasteiger partial charge in [0.1, 0.15) is 6.79 Å². The van der Waals surface area contributed by atoms with Crippen LogP contribution in [-0.2, 0) is 9.47 Å². The third kappa shape index (κ3) is 16.8. The summed E-state index contributed by atoms with van der Waals surface area (Å²) in [5.74, 6) is 0. The zero-order chi connectivity index (χ0) is 5.54. The van der Waals surface area contributed by atoms with Crippen LogP contribution in [0.5, 0.6) is 0 Å². The van der Waals surface area contributed by atoms with Crippen LogP contribution in [0.4, 0.5) is 0 Å². The van der Waals surface area contributed by atoms with Crippen LogP contribution in [0.15, 0.2) is 0 Å². The Bertz CT molecular complexity index is 30.2. The molecule has 0 fully saturated rings. The first-order chi connectivity index (χ1) is 3.41. The molecule has 0 radical (unpaired) electrons. The van der Waals surface area contributed by atoms with Crippen molar-refractivity contribution in [3.05, 3.63) is 0 Å². The Hall–Kier alpha value is -0.0800. The molecule has 0 aromatic heterocycles. The van der Waals surface area contributed by atoms with E-state index in [9.17, 15) is 0 Å². The number of hydrogen-bond acceptors (Lipinski definition) is 2. The van der Waals surface area contributed by atoms with Crippen molar-refractivity contribution in [1.29, 1.82) is 0 Å². The zero-order valence-electron chi connectivity index (χ0n) is 4.94. The number of methoxy groups -OCH3 is 1. The Balaban J connectivity index is -0.000000180. The minimum atomic E-state index is -0.0139. The SMILES string of the molecule is C.C.[3H]COCOCC. The summed E-state index contributed by atoms with van der Waals surface area (Å²) in [6, 6.07) is 0. The fourth-order valence-corrected chi connectivity index (χ4v) is 0.142. The summed E-state index contributed by atoms with van der Waals surface area (Å²) in [6.07, 6.45) is 0. The van der Waals surface area contributed by atoms with Gasteiger partial charge < -0.3 is 9.47 Å². The lowest BCUT2D eigenvalue weighted by Crippen LogP contribution is -1.93. The molecule has 0 amide bonds. The molecule has 0 aliphatic heterocycles. The largest absolute Gasteiger partial charge is 0.359 e. The quantitative estimate of drug-likeness (QED) is 0.422. The van der Waals surface area contributed by atoms with Crippen molar-refractivity contribution in [2.24, 2.45) is 0 Å². The van der Waals surface area contributed by atoms with E-state index < -0.39 is 0 Å². The van der Waals surface area contributed by atoms with E-state index in [2.05, 4.69) is 4.74 Å². The second kappa shape index (κ2) is 15.8. The monoisotopic (exact) mass is 124 g/mol. The molecule has 0 heterocycles. The summed E-state index contributed by atoms with van der Waals surface area (Å²) in [4.78, 5) is 0. The Morgan fingerprint density at radius 3 is 2.50 bits per heavy atom. The molecule has 54 valence electrons. The number of ether oxygens (including phenoxy) is 2. The van der Waals surface area contributed by atoms with Crippen LogP contribution in [0.1, 0.15) is 23.1 Å². The fraction of sp³-hybridized carbons (Fsp3) is 1.00. The van der Waals surface area contributed by atoms with Crippen LogP contribution < -0.4 is 0 Å². The summed E-state index contributed by atoms with van der Waals surface area (Å²) >= 11 is 0. The van der Waals surface area contributed by atoms with E-state index in [-0.39, 0.29) is 28.7 Å². The van der Waals surface area contributed by atoms with Gasteiger partial charge in [-0.2, -0.15) is 0 Å². The molecule has 8 heavy (non-hydrogen) atoms. The highest BCUT2D eigenvalue weighted by atomic mass is 16.7. The summed E-state index contributed by atoms with van der Waals surface area (Å²) < 4.78 is 15.7. The Labute approximate surface area is 54.2 Å². The summed E-state index contributed by atoms with van der Waals surface area (Å²) in [6.45, 7) is 2.79. The molecule has 0 aromatic rings. The molecule has 0 saturated carbocycles. The van der Waals surface area contributed by atoms with Crippen LogP contribution in [0, 0.1) is 0 Å². The van der Waals surface area contributed by atoms with Gasteiger partial charge in [0.25, 0.3) is 0 Å². The Morgan fingerprint density at radius 2 is 2.12 bits per heavy atom. The normalized spacial score (nSPS) is 8.38. The predicted octanol–water partition coefficient (Wildman–Crippen LogP) is 1.90. The molecular formula is C6H18O2. The van der Waals surface area contributed by atoms with Gasteiger partial charge in [0.2, 0.25) is 0 Å². The van der Waals surface area contributed by atoms with Crippen molar-refractivity contribution >= 4 is 0 Å². The van der Waals surface area contributed by atoms with Crippen molar-refractivity contribution in [1.82, 2.24) is 0 Å². The maximum absolute atomic E-state index is 6.48. The van der Waals surface area contributed by atoms with Crippen molar-refractivity contribution in [3.63, 3.8) is 0 Å². The molecule has 2 nitrogen and oxygen atoms in total. The maximum atomic E-state index is 6.48. The second-order valence-electron chi connectivity index (χ2n) is 0.815. The van der Waals surface area contributed by atoms with Crippen LogP contribution in [-0.4, -0.2) is 20.5 Å². The molecule has 0 aliphatic carbocycles. The third-order valence-electron chi connectivity index (χ3n) is 0.371. The first-order valence-electron chi connectivity index (χ1n) is 2.57. The van der Waals surface area contributed by atoms with Gasteiger partial charge in [0.05, 0.1) is 1.37 Å². The number of rotatable bonds is 3. The van der Waals surface area contributed by atoms with Crippen LogP contribution in [0.3, 0.4) is 0 Å². The predicted molar refractivity (Wildman–Crippen MR) is 37.0 cm³/mol. The molecule has 0 N–H and O–H groups in total. The van der Waals surface area contributed by atoms with Crippen LogP contribution in [0.2, 0.25) is 0 Å². The Kier molecular flexibility index (Phi) is 21.3. The molecule has 0 aliphatic rings. The molecule has 0 saturated heterocycles. The van der Waals surface area contributed by atoms with E-state index in [0.717, 1.165) is 0 Å². The lowest BCUT2D eigenvalue weighted by Gasteiger charge is -1.93. The van der Waals surface area contributed by atoms with Gasteiger partial charge in [-0.25, -0.2) is 0 Å². The molecule has 0 spiro atoms. The van der Waals surface area contributed by atoms with Crippen molar-refractivity contribution in [2.75, 3.05) is 20.5 Å². The standard InChI is InChI=1S/C4H10O2.2CH4/c1-3-6-4-5-2;;/h3-4H2,1-2H3;2*1H4/i2T;;. The molecule has 0 bridgehead atoms. The van der Waals surface area contributed by atoms with E-state index >= 15 is 0 Å². The van der Waals surface area contributed by atoms with E-state index in [4.69, 9.17) is 6.11 Å². The smallest absolute Gasteiger partial charge is 0.146 e. The molecule has 0 aromatic carbocycles. The van der Waals surface area contributed by atoms with Gasteiger partial charge in [-0.15, -0.1) is 0 Å². The van der Waals surface area contributed by atoms with Gasteiger partial charge in [-0.05, 0) is 6.92 Å². The fourth-order valence-electron chi connectivity index (χ4n) is 0.142. The maximum Gasteiger partial charge on any atom is 0.146 e. The second-order valence-corrected chi connectivity index (χ2v) is 0.815. The van der Waals surface area contributed by atoms with Gasteiger partial charge in [-0.1, -0.05) is 14.9 Å². The lowest BCUT2D eigenvalue weighted by atomic mass is 10.9. The van der Waals surface area contributed by atoms with E-state index in [1.165, 1.54) is 0 Å². The van der Waals surface area contributed by atoms with Crippen LogP contribution in [0.25, 0.3) is 0 Å². The van der Waals surface area contributed by atoms with Gasteiger partial charge in [-0.3, -0.25) is 0 Å². The lowest BCUT2D eigenvalue weighted by molar-refractivity contribution is -0.0250. The summed E-state index contributed by atoms with van der Waals surface area (Å²) in [7, 11) is -0.0139. The van der Waals surface area contributed by atoms with Crippen molar-refractivity contribution < 1.29 is 10.8 Å². The van der Waals surface area contributed by atoms with E-state index in [1.807, 2.05) is 6.92 Å². The molecule has 0 atom stereocenters.